The van der Waals surface area contributed by atoms with E-state index in [0.717, 1.165) is 0 Å². The molecule has 0 spiro atoms. The lowest BCUT2D eigenvalue weighted by Gasteiger charge is -2.11. The fourth-order valence-corrected chi connectivity index (χ4v) is 2.47. The first-order valence-electron chi connectivity index (χ1n) is 7.93. The third-order valence-corrected chi connectivity index (χ3v) is 3.83. The molecule has 0 saturated carbocycles. The third kappa shape index (κ3) is 3.97. The van der Waals surface area contributed by atoms with E-state index in [1.807, 2.05) is 0 Å². The van der Waals surface area contributed by atoms with Crippen molar-refractivity contribution in [2.45, 2.75) is 6.54 Å². The molecule has 3 rings (SSSR count). The Morgan fingerprint density at radius 1 is 1.15 bits per heavy atom. The first-order valence-corrected chi connectivity index (χ1v) is 7.93. The topological polar surface area (TPSA) is 94.5 Å². The summed E-state index contributed by atoms with van der Waals surface area (Å²) in [6, 6.07) is 8.57. The van der Waals surface area contributed by atoms with Crippen LogP contribution in [0.15, 0.2) is 47.5 Å². The number of aromatic nitrogens is 2. The molecular formula is C18H17FN4O4. The predicted octanol–water partition coefficient (Wildman–Crippen LogP) is 1.70. The zero-order chi connectivity index (χ0) is 19.4. The van der Waals surface area contributed by atoms with Crippen LogP contribution in [-0.2, 0) is 11.3 Å². The number of methoxy groups -OCH3 is 2. The number of nitrogens with one attached hydrogen (secondary N) is 2. The van der Waals surface area contributed by atoms with Gasteiger partial charge in [-0.2, -0.15) is 0 Å². The minimum absolute atomic E-state index is 0.246. The van der Waals surface area contributed by atoms with Gasteiger partial charge < -0.3 is 9.47 Å². The van der Waals surface area contributed by atoms with E-state index in [0.29, 0.717) is 28.1 Å². The Balaban J connectivity index is 1.78. The summed E-state index contributed by atoms with van der Waals surface area (Å²) in [5.41, 5.74) is 5.63. The van der Waals surface area contributed by atoms with Crippen molar-refractivity contribution < 1.29 is 18.7 Å². The van der Waals surface area contributed by atoms with Crippen LogP contribution in [0.4, 0.5) is 10.1 Å². The normalized spacial score (nSPS) is 10.5. The van der Waals surface area contributed by atoms with E-state index in [1.165, 1.54) is 55.4 Å². The molecule has 0 saturated heterocycles. The van der Waals surface area contributed by atoms with Gasteiger partial charge in [-0.25, -0.2) is 9.37 Å². The summed E-state index contributed by atoms with van der Waals surface area (Å²) >= 11 is 0. The lowest BCUT2D eigenvalue weighted by molar-refractivity contribution is -0.121. The maximum absolute atomic E-state index is 12.9. The number of nitrogens with zero attached hydrogens (tertiary/aromatic N) is 2. The summed E-state index contributed by atoms with van der Waals surface area (Å²) in [5.74, 6) is -0.00394. The maximum Gasteiger partial charge on any atom is 0.261 e. The molecule has 0 bridgehead atoms. The van der Waals surface area contributed by atoms with Gasteiger partial charge in [-0.1, -0.05) is 0 Å². The van der Waals surface area contributed by atoms with Crippen LogP contribution in [0.2, 0.25) is 0 Å². The Morgan fingerprint density at radius 3 is 2.48 bits per heavy atom. The van der Waals surface area contributed by atoms with Gasteiger partial charge >= 0.3 is 0 Å². The van der Waals surface area contributed by atoms with Gasteiger partial charge in [-0.3, -0.25) is 25.0 Å². The molecule has 3 aromatic rings. The van der Waals surface area contributed by atoms with Crippen molar-refractivity contribution in [2.75, 3.05) is 19.6 Å². The van der Waals surface area contributed by atoms with Gasteiger partial charge in [0.05, 0.1) is 37.1 Å². The summed E-state index contributed by atoms with van der Waals surface area (Å²) < 4.78 is 24.4. The predicted molar refractivity (Wildman–Crippen MR) is 97.3 cm³/mol. The number of amides is 1. The van der Waals surface area contributed by atoms with E-state index in [-0.39, 0.29) is 12.4 Å². The molecule has 1 heterocycles. The number of ether oxygens (including phenoxy) is 2. The number of hydrogen-bond donors (Lipinski definition) is 2. The number of carbonyl (C=O) groups is 1. The molecule has 0 fully saturated rings. The largest absolute Gasteiger partial charge is 0.493 e. The molecule has 8 nitrogen and oxygen atoms in total. The number of hydrogen-bond acceptors (Lipinski definition) is 6. The van der Waals surface area contributed by atoms with Crippen LogP contribution >= 0.6 is 0 Å². The number of benzene rings is 2. The second kappa shape index (κ2) is 7.73. The van der Waals surface area contributed by atoms with Crippen molar-refractivity contribution >= 4 is 22.5 Å². The van der Waals surface area contributed by atoms with Gasteiger partial charge in [-0.05, 0) is 30.3 Å². The van der Waals surface area contributed by atoms with Crippen LogP contribution in [0.1, 0.15) is 0 Å². The fourth-order valence-electron chi connectivity index (χ4n) is 2.47. The van der Waals surface area contributed by atoms with Gasteiger partial charge in [0.15, 0.2) is 11.5 Å². The molecule has 0 radical (unpaired) electrons. The van der Waals surface area contributed by atoms with E-state index in [1.54, 1.807) is 6.07 Å². The third-order valence-electron chi connectivity index (χ3n) is 3.83. The molecule has 0 aliphatic heterocycles. The average molecular weight is 372 g/mol. The highest BCUT2D eigenvalue weighted by Gasteiger charge is 2.12. The minimum atomic E-state index is -0.469. The van der Waals surface area contributed by atoms with Crippen LogP contribution < -0.4 is 25.9 Å². The fraction of sp³-hybridized carbons (Fsp3) is 0.167. The molecule has 2 aromatic carbocycles. The van der Waals surface area contributed by atoms with Crippen LogP contribution in [0.25, 0.3) is 10.9 Å². The minimum Gasteiger partial charge on any atom is -0.493 e. The highest BCUT2D eigenvalue weighted by Crippen LogP contribution is 2.29. The van der Waals surface area contributed by atoms with Crippen LogP contribution in [0.5, 0.6) is 11.5 Å². The van der Waals surface area contributed by atoms with Crippen molar-refractivity contribution in [1.29, 1.82) is 0 Å². The highest BCUT2D eigenvalue weighted by molar-refractivity contribution is 5.82. The molecule has 0 aliphatic carbocycles. The maximum atomic E-state index is 12.9. The van der Waals surface area contributed by atoms with Crippen molar-refractivity contribution in [3.05, 3.63) is 58.9 Å². The first kappa shape index (κ1) is 18.2. The van der Waals surface area contributed by atoms with Crippen molar-refractivity contribution in [1.82, 2.24) is 15.0 Å². The van der Waals surface area contributed by atoms with Gasteiger partial charge in [-0.15, -0.1) is 0 Å². The second-order valence-corrected chi connectivity index (χ2v) is 5.58. The summed E-state index contributed by atoms with van der Waals surface area (Å²) in [6.07, 6.45) is 1.29. The molecule has 2 N–H and O–H groups in total. The molecule has 9 heteroatoms. The highest BCUT2D eigenvalue weighted by atomic mass is 19.1. The number of anilines is 1. The first-order chi connectivity index (χ1) is 13.0. The Labute approximate surface area is 153 Å². The van der Waals surface area contributed by atoms with Gasteiger partial charge in [0.25, 0.3) is 11.5 Å². The summed E-state index contributed by atoms with van der Waals surface area (Å²) in [4.78, 5) is 28.9. The van der Waals surface area contributed by atoms with Crippen molar-refractivity contribution in [2.24, 2.45) is 0 Å². The van der Waals surface area contributed by atoms with Gasteiger partial charge in [0, 0.05) is 6.07 Å². The molecular weight excluding hydrogens is 355 g/mol. The Hall–Kier alpha value is -3.62. The number of fused-ring (bicyclic) bond motifs is 1. The van der Waals surface area contributed by atoms with E-state index in [9.17, 15) is 14.0 Å². The second-order valence-electron chi connectivity index (χ2n) is 5.58. The number of carbonyl (C=O) groups excluding carboxylic acids is 1. The molecule has 0 atom stereocenters. The average Bonchev–Trinajstić information content (AvgIpc) is 2.69. The zero-order valence-electron chi connectivity index (χ0n) is 14.7. The molecule has 140 valence electrons. The summed E-state index contributed by atoms with van der Waals surface area (Å²) in [5, 5.41) is 0.300. The van der Waals surface area contributed by atoms with Gasteiger partial charge in [0.2, 0.25) is 0 Å². The SMILES string of the molecule is COc1cc2ncn(CC(=O)NNc3ccc(F)cc3)c(=O)c2cc1OC. The quantitative estimate of drug-likeness (QED) is 0.640. The summed E-state index contributed by atoms with van der Waals surface area (Å²) in [7, 11) is 2.95. The van der Waals surface area contributed by atoms with E-state index in [2.05, 4.69) is 15.8 Å². The number of rotatable bonds is 6. The lowest BCUT2D eigenvalue weighted by Crippen LogP contribution is -2.35. The molecule has 27 heavy (non-hydrogen) atoms. The van der Waals surface area contributed by atoms with Gasteiger partial charge in [0.1, 0.15) is 12.4 Å². The van der Waals surface area contributed by atoms with E-state index in [4.69, 9.17) is 9.47 Å². The Morgan fingerprint density at radius 2 is 1.81 bits per heavy atom. The van der Waals surface area contributed by atoms with E-state index >= 15 is 0 Å². The van der Waals surface area contributed by atoms with Crippen molar-refractivity contribution in [3.63, 3.8) is 0 Å². The molecule has 0 aliphatic rings. The molecule has 0 unspecified atom stereocenters. The Kier molecular flexibility index (Phi) is 5.20. The number of hydrazine groups is 1. The van der Waals surface area contributed by atoms with Crippen LogP contribution in [-0.4, -0.2) is 29.7 Å². The van der Waals surface area contributed by atoms with Crippen LogP contribution in [0, 0.1) is 5.82 Å². The standard InChI is InChI=1S/C18H17FN4O4/c1-26-15-7-13-14(8-16(15)27-2)20-10-23(18(13)25)9-17(24)22-21-12-5-3-11(19)4-6-12/h3-8,10,21H,9H2,1-2H3,(H,22,24). The summed E-state index contributed by atoms with van der Waals surface area (Å²) in [6.45, 7) is -0.246. The monoisotopic (exact) mass is 372 g/mol. The lowest BCUT2D eigenvalue weighted by atomic mass is 10.2. The zero-order valence-corrected chi connectivity index (χ0v) is 14.7. The molecule has 1 amide bonds. The Bertz CT molecular complexity index is 1030. The molecule has 1 aromatic heterocycles. The van der Waals surface area contributed by atoms with Crippen LogP contribution in [0.3, 0.4) is 0 Å². The van der Waals surface area contributed by atoms with E-state index < -0.39 is 11.5 Å². The number of halogens is 1. The van der Waals surface area contributed by atoms with Crippen molar-refractivity contribution in [3.8, 4) is 11.5 Å². The smallest absolute Gasteiger partial charge is 0.261 e.